The van der Waals surface area contributed by atoms with E-state index in [0.29, 0.717) is 23.5 Å². The molecule has 5 aromatic carbocycles. The molecule has 10 aromatic rings. The number of nitriles is 1. The van der Waals surface area contributed by atoms with E-state index in [1.165, 1.54) is 25.0 Å². The lowest BCUT2D eigenvalue weighted by molar-refractivity contribution is -0.119. The zero-order valence-corrected chi connectivity index (χ0v) is 50.7. The SMILES string of the molecule is C.CC(C)(C)c1ccc(S(=O)(=O)Cl)cc1.CC(C)(C)c1ccc(S(=O)(=O)Nc2cc(C3CC3)nn2-c2cccc3ncccc23)cc1.N#CCC(=O)C1CC1.NNc1cccc2ncccc12.Nc1cc(C2CC2)nn1-c1cccc2ncccc12. The molecule has 5 heterocycles. The van der Waals surface area contributed by atoms with Gasteiger partial charge in [-0.25, -0.2) is 26.2 Å². The summed E-state index contributed by atoms with van der Waals surface area (Å²) in [4.78, 5) is 23.9. The second kappa shape index (κ2) is 26.8. The van der Waals surface area contributed by atoms with Gasteiger partial charge in [-0.3, -0.25) is 30.3 Å². The van der Waals surface area contributed by atoms with Crippen molar-refractivity contribution in [2.75, 3.05) is 15.9 Å². The second-order valence-electron chi connectivity index (χ2n) is 23.2. The highest BCUT2D eigenvalue weighted by molar-refractivity contribution is 8.13. The first-order chi connectivity index (χ1) is 40.5. The van der Waals surface area contributed by atoms with Crippen molar-refractivity contribution in [1.82, 2.24) is 34.5 Å². The van der Waals surface area contributed by atoms with Crippen LogP contribution in [-0.4, -0.2) is 57.1 Å². The van der Waals surface area contributed by atoms with Crippen LogP contribution in [-0.2, 0) is 34.7 Å². The molecule has 20 heteroatoms. The number of carbonyl (C=O) groups is 1. The second-order valence-corrected chi connectivity index (χ2v) is 27.5. The summed E-state index contributed by atoms with van der Waals surface area (Å²) >= 11 is 0. The lowest BCUT2D eigenvalue weighted by Gasteiger charge is -2.19. The van der Waals surface area contributed by atoms with Crippen LogP contribution in [0.5, 0.6) is 0 Å². The van der Waals surface area contributed by atoms with Crippen LogP contribution in [0, 0.1) is 17.2 Å². The minimum absolute atomic E-state index is 0. The number of hydrogen-bond acceptors (Lipinski definition) is 14. The molecule has 13 rings (SSSR count). The van der Waals surface area contributed by atoms with Crippen molar-refractivity contribution < 1.29 is 21.6 Å². The quantitative estimate of drug-likeness (QED) is 0.0533. The number of Topliss-reactive ketones (excluding diaryl/α,β-unsaturated/α-hetero) is 1. The summed E-state index contributed by atoms with van der Waals surface area (Å²) in [6.07, 6.45) is 12.1. The van der Waals surface area contributed by atoms with Crippen LogP contribution >= 0.6 is 10.7 Å². The van der Waals surface area contributed by atoms with Crippen molar-refractivity contribution in [3.8, 4) is 17.4 Å². The van der Waals surface area contributed by atoms with Gasteiger partial charge in [-0.2, -0.15) is 15.5 Å². The molecule has 0 bridgehead atoms. The van der Waals surface area contributed by atoms with Gasteiger partial charge in [-0.1, -0.05) is 91.4 Å². The Kier molecular flexibility index (Phi) is 19.8. The number of carbonyl (C=O) groups excluding carboxylic acids is 1. The summed E-state index contributed by atoms with van der Waals surface area (Å²) < 4.78 is 54.7. The van der Waals surface area contributed by atoms with Gasteiger partial charge in [-0.05, 0) is 158 Å². The first-order valence-corrected chi connectivity index (χ1v) is 31.8. The monoisotopic (exact) mass is 1210 g/mol. The van der Waals surface area contributed by atoms with Crippen LogP contribution in [0.25, 0.3) is 44.1 Å². The molecule has 0 spiro atoms. The Morgan fingerprint density at radius 1 is 0.605 bits per heavy atom. The normalized spacial score (nSPS) is 13.8. The number of ketones is 1. The molecule has 3 saturated carbocycles. The number of halogens is 1. The number of hydrazine groups is 1. The van der Waals surface area contributed by atoms with Crippen LogP contribution in [0.1, 0.15) is 128 Å². The minimum atomic E-state index is -3.78. The summed E-state index contributed by atoms with van der Waals surface area (Å²) in [6.45, 7) is 12.5. The fraction of sp³-hybridized carbons (Fsp3) is 0.288. The van der Waals surface area contributed by atoms with Crippen LogP contribution in [0.15, 0.2) is 180 Å². The van der Waals surface area contributed by atoms with Crippen LogP contribution < -0.4 is 21.7 Å². The van der Waals surface area contributed by atoms with Gasteiger partial charge in [0.05, 0.1) is 67.3 Å². The zero-order valence-electron chi connectivity index (χ0n) is 48.3. The van der Waals surface area contributed by atoms with E-state index >= 15 is 0 Å². The molecule has 0 radical (unpaired) electrons. The Hall–Kier alpha value is -8.54. The summed E-state index contributed by atoms with van der Waals surface area (Å²) in [5, 5.41) is 20.5. The topological polar surface area (TPSA) is 260 Å². The number of hydrogen-bond donors (Lipinski definition) is 4. The molecule has 86 heavy (non-hydrogen) atoms. The Morgan fingerprint density at radius 3 is 1.50 bits per heavy atom. The van der Waals surface area contributed by atoms with Crippen molar-refractivity contribution in [1.29, 1.82) is 5.26 Å². The average Bonchev–Trinajstić information content (AvgIpc) is 3.03. The number of nitrogens with zero attached hydrogens (tertiary/aromatic N) is 8. The van der Waals surface area contributed by atoms with Gasteiger partial charge in [-0.15, -0.1) is 0 Å². The summed E-state index contributed by atoms with van der Waals surface area (Å²) in [7, 11) is -2.17. The third-order valence-electron chi connectivity index (χ3n) is 14.5. The third-order valence-corrected chi connectivity index (χ3v) is 17.3. The molecule has 0 saturated heterocycles. The van der Waals surface area contributed by atoms with Crippen LogP contribution in [0.3, 0.4) is 0 Å². The van der Waals surface area contributed by atoms with E-state index in [1.807, 2.05) is 120 Å². The first-order valence-electron chi connectivity index (χ1n) is 28.0. The van der Waals surface area contributed by atoms with E-state index in [2.05, 4.69) is 77.8 Å². The first kappa shape index (κ1) is 63.5. The Bertz CT molecular complexity index is 4260. The molecule has 3 fully saturated rings. The predicted octanol–water partition coefficient (Wildman–Crippen LogP) is 14.2. The molecular formula is C66H73ClN12O5S2. The highest BCUT2D eigenvalue weighted by atomic mass is 35.7. The number of nitrogens with one attached hydrogen (secondary N) is 2. The minimum Gasteiger partial charge on any atom is -0.384 e. The molecule has 0 atom stereocenters. The summed E-state index contributed by atoms with van der Waals surface area (Å²) in [6, 6.07) is 48.7. The maximum Gasteiger partial charge on any atom is 0.263 e. The van der Waals surface area contributed by atoms with E-state index in [4.69, 9.17) is 32.6 Å². The molecule has 6 N–H and O–H groups in total. The molecule has 0 aliphatic heterocycles. The zero-order chi connectivity index (χ0) is 60.7. The smallest absolute Gasteiger partial charge is 0.263 e. The number of sulfonamides is 1. The van der Waals surface area contributed by atoms with E-state index < -0.39 is 19.1 Å². The van der Waals surface area contributed by atoms with Gasteiger partial charge in [0.25, 0.3) is 19.1 Å². The largest absolute Gasteiger partial charge is 0.384 e. The van der Waals surface area contributed by atoms with Gasteiger partial charge in [0.2, 0.25) is 0 Å². The van der Waals surface area contributed by atoms with Crippen LogP contribution in [0.4, 0.5) is 17.3 Å². The number of rotatable bonds is 11. The van der Waals surface area contributed by atoms with Crippen LogP contribution in [0.2, 0.25) is 0 Å². The number of fused-ring (bicyclic) bond motifs is 3. The fourth-order valence-electron chi connectivity index (χ4n) is 9.27. The molecule has 5 aromatic heterocycles. The van der Waals surface area contributed by atoms with Crippen molar-refractivity contribution in [3.63, 3.8) is 0 Å². The van der Waals surface area contributed by atoms with Gasteiger partial charge in [0.1, 0.15) is 17.4 Å². The van der Waals surface area contributed by atoms with Crippen molar-refractivity contribution in [3.05, 3.63) is 193 Å². The van der Waals surface area contributed by atoms with Gasteiger partial charge in [0.15, 0.2) is 0 Å². The van der Waals surface area contributed by atoms with E-state index in [9.17, 15) is 21.6 Å². The van der Waals surface area contributed by atoms with Gasteiger partial charge < -0.3 is 11.2 Å². The van der Waals surface area contributed by atoms with E-state index in [0.717, 1.165) is 98.0 Å². The van der Waals surface area contributed by atoms with Gasteiger partial charge in [0, 0.05) is 75.3 Å². The highest BCUT2D eigenvalue weighted by Crippen LogP contribution is 2.42. The lowest BCUT2D eigenvalue weighted by Crippen LogP contribution is -2.17. The molecule has 3 aliphatic rings. The third kappa shape index (κ3) is 16.0. The molecule has 0 amide bonds. The van der Waals surface area contributed by atoms with Gasteiger partial charge >= 0.3 is 0 Å². The van der Waals surface area contributed by atoms with Crippen molar-refractivity contribution in [2.45, 2.75) is 126 Å². The lowest BCUT2D eigenvalue weighted by atomic mass is 9.87. The molecule has 0 unspecified atom stereocenters. The fourth-order valence-corrected chi connectivity index (χ4v) is 11.1. The average molecular weight is 1210 g/mol. The number of benzene rings is 5. The molecule has 446 valence electrons. The summed E-state index contributed by atoms with van der Waals surface area (Å²) in [5.74, 6) is 7.85. The Balaban J connectivity index is 0.000000152. The Labute approximate surface area is 508 Å². The van der Waals surface area contributed by atoms with E-state index in [1.54, 1.807) is 47.5 Å². The van der Waals surface area contributed by atoms with E-state index in [-0.39, 0.29) is 46.2 Å². The number of aromatic nitrogens is 7. The highest BCUT2D eigenvalue weighted by Gasteiger charge is 2.31. The Morgan fingerprint density at radius 2 is 1.05 bits per heavy atom. The summed E-state index contributed by atoms with van der Waals surface area (Å²) in [5.41, 5.74) is 18.3. The number of pyridine rings is 3. The maximum atomic E-state index is 13.2. The number of nitrogen functional groups attached to an aromatic ring is 2. The molecule has 3 aliphatic carbocycles. The number of anilines is 3. The standard InChI is InChI=1S/C25H26N4O2S.C15H14N4.C10H13ClO2S.C9H9N3.C6H7NO.CH4/c1-25(2,3)18-11-13-19(14-12-18)32(30,31)28-24-16-22(17-9-10-17)27-29(24)23-8-4-7-21-20(23)6-5-15-26-21;16-15-9-13(10-6-7-10)18-19(15)14-5-1-4-12-11(14)3-2-8-17-12;1-10(2,3)8-4-6-9(7-5-8)14(11,12)13;10-12-9-5-1-4-8-7(9)3-2-6-11-8;7-4-3-6(8)5-1-2-5;/h4-8,11-17,28H,9-10H2,1-3H3;1-5,8-10H,6-7,16H2;4-7H,1-3H3;1-6,12H,10H2;5H,1-3H2;1H4. The maximum absolute atomic E-state index is 13.2. The predicted molar refractivity (Wildman–Crippen MR) is 344 cm³/mol. The molecular weight excluding hydrogens is 1140 g/mol. The number of nitrogens with two attached hydrogens (primary N) is 2. The van der Waals surface area contributed by atoms with Crippen molar-refractivity contribution in [2.24, 2.45) is 11.8 Å². The van der Waals surface area contributed by atoms with Crippen molar-refractivity contribution >= 4 is 85.6 Å². The molecule has 17 nitrogen and oxygen atoms in total.